The van der Waals surface area contributed by atoms with Crippen molar-refractivity contribution in [2.75, 3.05) is 5.73 Å². The van der Waals surface area contributed by atoms with Crippen LogP contribution in [0.4, 0.5) is 5.82 Å². The van der Waals surface area contributed by atoms with Crippen molar-refractivity contribution in [2.45, 2.75) is 19.5 Å². The third kappa shape index (κ3) is 0.867. The Morgan fingerprint density at radius 2 is 2.45 bits per heavy atom. The molecule has 2 heterocycles. The number of nitrogens with two attached hydrogens (primary N) is 1. The van der Waals surface area contributed by atoms with Gasteiger partial charge in [-0.3, -0.25) is 0 Å². The van der Waals surface area contributed by atoms with Crippen molar-refractivity contribution in [1.29, 1.82) is 0 Å². The predicted octanol–water partition coefficient (Wildman–Crippen LogP) is 0.223. The number of aromatic nitrogens is 2. The Kier molecular flexibility index (Phi) is 1.29. The van der Waals surface area contributed by atoms with Crippen molar-refractivity contribution in [3.8, 4) is 0 Å². The third-order valence-corrected chi connectivity index (χ3v) is 2.01. The summed E-state index contributed by atoms with van der Waals surface area (Å²) in [7, 11) is 0. The molecule has 2 rings (SSSR count). The van der Waals surface area contributed by atoms with Crippen LogP contribution in [-0.2, 0) is 6.54 Å². The van der Waals surface area contributed by atoms with Gasteiger partial charge in [-0.1, -0.05) is 0 Å². The van der Waals surface area contributed by atoms with Crippen molar-refractivity contribution < 1.29 is 0 Å². The van der Waals surface area contributed by atoms with Crippen LogP contribution < -0.4 is 11.1 Å². The first-order chi connectivity index (χ1) is 5.29. The molecule has 0 spiro atoms. The van der Waals surface area contributed by atoms with Crippen LogP contribution in [-0.4, -0.2) is 9.97 Å². The molecule has 58 valence electrons. The van der Waals surface area contributed by atoms with Crippen molar-refractivity contribution in [3.05, 3.63) is 17.6 Å². The molecule has 1 atom stereocenters. The van der Waals surface area contributed by atoms with E-state index in [1.807, 2.05) is 0 Å². The number of hydrogen-bond acceptors (Lipinski definition) is 4. The largest absolute Gasteiger partial charge is 0.383 e. The first-order valence-corrected chi connectivity index (χ1v) is 3.61. The van der Waals surface area contributed by atoms with Gasteiger partial charge in [0.2, 0.25) is 0 Å². The Morgan fingerprint density at radius 1 is 1.64 bits per heavy atom. The van der Waals surface area contributed by atoms with E-state index in [4.69, 9.17) is 5.73 Å². The van der Waals surface area contributed by atoms with E-state index in [0.717, 1.165) is 17.8 Å². The standard InChI is InChI=1S/C7H10N4/c1-4-6-5(2-9-4)7(8)11-3-10-6/h3-4,9H,2H2,1H3,(H2,8,10,11). The Labute approximate surface area is 64.8 Å². The number of hydrogen-bond donors (Lipinski definition) is 2. The molecule has 1 aromatic rings. The monoisotopic (exact) mass is 150 g/mol. The molecule has 3 N–H and O–H groups in total. The van der Waals surface area contributed by atoms with Crippen LogP contribution in [0.2, 0.25) is 0 Å². The van der Waals surface area contributed by atoms with Crippen LogP contribution in [0.25, 0.3) is 0 Å². The van der Waals surface area contributed by atoms with E-state index in [9.17, 15) is 0 Å². The molecule has 11 heavy (non-hydrogen) atoms. The van der Waals surface area contributed by atoms with Crippen molar-refractivity contribution in [2.24, 2.45) is 0 Å². The van der Waals surface area contributed by atoms with E-state index >= 15 is 0 Å². The van der Waals surface area contributed by atoms with Gasteiger partial charge in [0.1, 0.15) is 12.1 Å². The van der Waals surface area contributed by atoms with Gasteiger partial charge in [-0.2, -0.15) is 0 Å². The zero-order chi connectivity index (χ0) is 7.84. The molecule has 0 amide bonds. The fraction of sp³-hybridized carbons (Fsp3) is 0.429. The first kappa shape index (κ1) is 6.54. The maximum atomic E-state index is 5.64. The molecule has 0 saturated heterocycles. The van der Waals surface area contributed by atoms with Crippen molar-refractivity contribution in [3.63, 3.8) is 0 Å². The molecule has 4 heteroatoms. The highest BCUT2D eigenvalue weighted by Crippen LogP contribution is 2.24. The van der Waals surface area contributed by atoms with Gasteiger partial charge >= 0.3 is 0 Å². The SMILES string of the molecule is CC1NCc2c(N)ncnc21. The highest BCUT2D eigenvalue weighted by Gasteiger charge is 2.21. The number of nitrogens with one attached hydrogen (secondary N) is 1. The lowest BCUT2D eigenvalue weighted by atomic mass is 10.2. The van der Waals surface area contributed by atoms with E-state index in [-0.39, 0.29) is 0 Å². The summed E-state index contributed by atoms with van der Waals surface area (Å²) >= 11 is 0. The molecule has 0 bridgehead atoms. The number of rotatable bonds is 0. The molecular formula is C7H10N4. The van der Waals surface area contributed by atoms with Gasteiger partial charge in [-0.05, 0) is 6.92 Å². The second kappa shape index (κ2) is 2.17. The lowest BCUT2D eigenvalue weighted by Gasteiger charge is -2.01. The molecular weight excluding hydrogens is 140 g/mol. The number of fused-ring (bicyclic) bond motifs is 1. The summed E-state index contributed by atoms with van der Waals surface area (Å²) in [5.74, 6) is 0.604. The van der Waals surface area contributed by atoms with Gasteiger partial charge < -0.3 is 11.1 Å². The maximum absolute atomic E-state index is 5.64. The minimum Gasteiger partial charge on any atom is -0.383 e. The first-order valence-electron chi connectivity index (χ1n) is 3.61. The van der Waals surface area contributed by atoms with E-state index in [0.29, 0.717) is 11.9 Å². The lowest BCUT2D eigenvalue weighted by molar-refractivity contribution is 0.623. The van der Waals surface area contributed by atoms with Crippen LogP contribution in [0.1, 0.15) is 24.2 Å². The zero-order valence-electron chi connectivity index (χ0n) is 6.33. The summed E-state index contributed by atoms with van der Waals surface area (Å²) in [4.78, 5) is 8.06. The van der Waals surface area contributed by atoms with Gasteiger partial charge in [0, 0.05) is 18.2 Å². The second-order valence-corrected chi connectivity index (χ2v) is 2.73. The number of nitrogen functional groups attached to an aromatic ring is 1. The fourth-order valence-electron chi connectivity index (χ4n) is 1.35. The Bertz CT molecular complexity index is 284. The molecule has 1 unspecified atom stereocenters. The Hall–Kier alpha value is -1.16. The molecule has 0 aromatic carbocycles. The van der Waals surface area contributed by atoms with Crippen LogP contribution in [0.15, 0.2) is 6.33 Å². The van der Waals surface area contributed by atoms with Gasteiger partial charge in [-0.25, -0.2) is 9.97 Å². The van der Waals surface area contributed by atoms with Crippen LogP contribution >= 0.6 is 0 Å². The second-order valence-electron chi connectivity index (χ2n) is 2.73. The molecule has 0 radical (unpaired) electrons. The van der Waals surface area contributed by atoms with Crippen LogP contribution in [0, 0.1) is 0 Å². The minimum absolute atomic E-state index is 0.315. The van der Waals surface area contributed by atoms with E-state index in [1.165, 1.54) is 6.33 Å². The average Bonchev–Trinajstić information content (AvgIpc) is 2.35. The molecule has 0 aliphatic carbocycles. The molecule has 1 aromatic heterocycles. The normalized spacial score (nSPS) is 21.7. The summed E-state index contributed by atoms with van der Waals surface area (Å²) in [5.41, 5.74) is 7.74. The molecule has 4 nitrogen and oxygen atoms in total. The number of anilines is 1. The maximum Gasteiger partial charge on any atom is 0.131 e. The number of nitrogens with zero attached hydrogens (tertiary/aromatic N) is 2. The summed E-state index contributed by atoms with van der Waals surface area (Å²) in [6.45, 7) is 2.86. The predicted molar refractivity (Wildman–Crippen MR) is 41.7 cm³/mol. The molecule has 0 saturated carbocycles. The minimum atomic E-state index is 0.315. The van der Waals surface area contributed by atoms with E-state index < -0.39 is 0 Å². The van der Waals surface area contributed by atoms with Gasteiger partial charge in [0.25, 0.3) is 0 Å². The summed E-state index contributed by atoms with van der Waals surface area (Å²) in [6.07, 6.45) is 1.51. The van der Waals surface area contributed by atoms with Crippen molar-refractivity contribution >= 4 is 5.82 Å². The van der Waals surface area contributed by atoms with E-state index in [1.54, 1.807) is 0 Å². The van der Waals surface area contributed by atoms with Gasteiger partial charge in [0.15, 0.2) is 0 Å². The van der Waals surface area contributed by atoms with Crippen molar-refractivity contribution in [1.82, 2.24) is 15.3 Å². The Balaban J connectivity index is 2.57. The fourth-order valence-corrected chi connectivity index (χ4v) is 1.35. The highest BCUT2D eigenvalue weighted by atomic mass is 15.0. The quantitative estimate of drug-likeness (QED) is 0.555. The Morgan fingerprint density at radius 3 is 3.18 bits per heavy atom. The topological polar surface area (TPSA) is 63.8 Å². The third-order valence-electron chi connectivity index (χ3n) is 2.01. The summed E-state index contributed by atoms with van der Waals surface area (Å²) in [5, 5.41) is 3.24. The summed E-state index contributed by atoms with van der Waals surface area (Å²) in [6, 6.07) is 0.315. The highest BCUT2D eigenvalue weighted by molar-refractivity contribution is 5.44. The van der Waals surface area contributed by atoms with Crippen LogP contribution in [0.3, 0.4) is 0 Å². The summed E-state index contributed by atoms with van der Waals surface area (Å²) < 4.78 is 0. The average molecular weight is 150 g/mol. The lowest BCUT2D eigenvalue weighted by Crippen LogP contribution is -2.07. The van der Waals surface area contributed by atoms with Gasteiger partial charge in [0.05, 0.1) is 5.69 Å². The smallest absolute Gasteiger partial charge is 0.131 e. The zero-order valence-corrected chi connectivity index (χ0v) is 6.33. The molecule has 1 aliphatic heterocycles. The molecule has 0 fully saturated rings. The van der Waals surface area contributed by atoms with Gasteiger partial charge in [-0.15, -0.1) is 0 Å². The van der Waals surface area contributed by atoms with E-state index in [2.05, 4.69) is 22.2 Å². The van der Waals surface area contributed by atoms with Crippen LogP contribution in [0.5, 0.6) is 0 Å². The molecule has 1 aliphatic rings.